The zero-order chi connectivity index (χ0) is 26.0. The van der Waals surface area contributed by atoms with Crippen LogP contribution in [0, 0.1) is 0 Å². The normalized spacial score (nSPS) is 11.4. The van der Waals surface area contributed by atoms with Crippen molar-refractivity contribution >= 4 is 56.4 Å². The molecule has 4 aromatic rings. The highest BCUT2D eigenvalue weighted by molar-refractivity contribution is 7.16. The number of halogens is 4. The van der Waals surface area contributed by atoms with Gasteiger partial charge in [-0.3, -0.25) is 10.1 Å². The molecule has 186 valence electrons. The fraction of sp³-hybridized carbons (Fsp3) is 0.130. The molecule has 0 aliphatic carbocycles. The minimum Gasteiger partial charge on any atom is -0.461 e. The maximum atomic E-state index is 13.4. The SMILES string of the molecule is CCOC(=O)c1nn(-c2ccc(C(F)(F)F)cc2)c(=O)c2c(NC(=O)Nc3cccc(Cl)c3)scc12. The molecular formula is C23H16ClF3N4O4S. The van der Waals surface area contributed by atoms with Gasteiger partial charge in [0, 0.05) is 21.5 Å². The molecule has 2 amide bonds. The van der Waals surface area contributed by atoms with Crippen molar-refractivity contribution in [3.63, 3.8) is 0 Å². The number of hydrogen-bond acceptors (Lipinski definition) is 6. The van der Waals surface area contributed by atoms with Crippen molar-refractivity contribution in [2.45, 2.75) is 13.1 Å². The monoisotopic (exact) mass is 536 g/mol. The number of nitrogens with zero attached hydrogens (tertiary/aromatic N) is 2. The molecule has 0 radical (unpaired) electrons. The second-order valence-electron chi connectivity index (χ2n) is 7.27. The van der Waals surface area contributed by atoms with Crippen LogP contribution < -0.4 is 16.2 Å². The Morgan fingerprint density at radius 3 is 2.50 bits per heavy atom. The number of aromatic nitrogens is 2. The number of esters is 1. The van der Waals surface area contributed by atoms with Crippen molar-refractivity contribution in [3.05, 3.63) is 80.5 Å². The lowest BCUT2D eigenvalue weighted by molar-refractivity contribution is -0.137. The number of benzene rings is 2. The number of urea groups is 1. The van der Waals surface area contributed by atoms with E-state index in [9.17, 15) is 27.6 Å². The zero-order valence-electron chi connectivity index (χ0n) is 18.4. The third-order valence-electron chi connectivity index (χ3n) is 4.87. The Bertz CT molecular complexity index is 1520. The average molecular weight is 537 g/mol. The number of amides is 2. The molecule has 2 N–H and O–H groups in total. The maximum Gasteiger partial charge on any atom is 0.416 e. The van der Waals surface area contributed by atoms with E-state index < -0.39 is 29.3 Å². The van der Waals surface area contributed by atoms with Gasteiger partial charge in [-0.15, -0.1) is 11.3 Å². The van der Waals surface area contributed by atoms with Crippen LogP contribution in [0.4, 0.5) is 28.7 Å². The Labute approximate surface area is 210 Å². The molecule has 0 aliphatic rings. The summed E-state index contributed by atoms with van der Waals surface area (Å²) in [6, 6.07) is 9.42. The number of hydrogen-bond donors (Lipinski definition) is 2. The number of carbonyl (C=O) groups is 2. The van der Waals surface area contributed by atoms with Gasteiger partial charge in [-0.2, -0.15) is 23.0 Å². The molecule has 13 heteroatoms. The number of alkyl halides is 3. The second-order valence-corrected chi connectivity index (χ2v) is 8.59. The maximum absolute atomic E-state index is 13.4. The van der Waals surface area contributed by atoms with Gasteiger partial charge >= 0.3 is 18.2 Å². The van der Waals surface area contributed by atoms with Crippen LogP contribution in [0.1, 0.15) is 23.0 Å². The van der Waals surface area contributed by atoms with Gasteiger partial charge in [-0.25, -0.2) is 9.59 Å². The average Bonchev–Trinajstić information content (AvgIpc) is 3.23. The first-order valence-corrected chi connectivity index (χ1v) is 11.6. The highest BCUT2D eigenvalue weighted by atomic mass is 35.5. The Morgan fingerprint density at radius 2 is 1.86 bits per heavy atom. The second kappa shape index (κ2) is 9.99. The predicted octanol–water partition coefficient (Wildman–Crippen LogP) is 5.94. The number of nitrogens with one attached hydrogen (secondary N) is 2. The smallest absolute Gasteiger partial charge is 0.416 e. The van der Waals surface area contributed by atoms with E-state index in [-0.39, 0.29) is 33.8 Å². The third-order valence-corrected chi connectivity index (χ3v) is 6.00. The molecule has 2 aromatic heterocycles. The van der Waals surface area contributed by atoms with Crippen LogP contribution in [0.2, 0.25) is 5.02 Å². The first-order valence-electron chi connectivity index (χ1n) is 10.3. The fourth-order valence-corrected chi connectivity index (χ4v) is 4.41. The molecule has 2 aromatic carbocycles. The molecule has 36 heavy (non-hydrogen) atoms. The summed E-state index contributed by atoms with van der Waals surface area (Å²) in [4.78, 5) is 38.5. The molecule has 4 rings (SSSR count). The van der Waals surface area contributed by atoms with Gasteiger partial charge in [0.05, 0.1) is 23.2 Å². The van der Waals surface area contributed by atoms with E-state index in [1.165, 1.54) is 11.4 Å². The van der Waals surface area contributed by atoms with Crippen molar-refractivity contribution in [2.24, 2.45) is 0 Å². The summed E-state index contributed by atoms with van der Waals surface area (Å²) in [6.45, 7) is 1.61. The molecule has 0 saturated carbocycles. The van der Waals surface area contributed by atoms with E-state index in [2.05, 4.69) is 15.7 Å². The van der Waals surface area contributed by atoms with E-state index in [4.69, 9.17) is 16.3 Å². The number of carbonyl (C=O) groups excluding carboxylic acids is 2. The van der Waals surface area contributed by atoms with Gasteiger partial charge in [0.2, 0.25) is 0 Å². The van der Waals surface area contributed by atoms with E-state index in [1.807, 2.05) is 0 Å². The van der Waals surface area contributed by atoms with Crippen molar-refractivity contribution in [1.82, 2.24) is 9.78 Å². The highest BCUT2D eigenvalue weighted by Gasteiger charge is 2.30. The lowest BCUT2D eigenvalue weighted by atomic mass is 10.2. The van der Waals surface area contributed by atoms with Crippen molar-refractivity contribution < 1.29 is 27.5 Å². The van der Waals surface area contributed by atoms with E-state index in [0.717, 1.165) is 40.3 Å². The van der Waals surface area contributed by atoms with Gasteiger partial charge < -0.3 is 10.1 Å². The number of anilines is 2. The number of rotatable bonds is 5. The van der Waals surface area contributed by atoms with Gasteiger partial charge in [0.1, 0.15) is 5.00 Å². The van der Waals surface area contributed by atoms with Crippen LogP contribution in [0.25, 0.3) is 16.5 Å². The molecule has 0 saturated heterocycles. The summed E-state index contributed by atoms with van der Waals surface area (Å²) >= 11 is 6.90. The Morgan fingerprint density at radius 1 is 1.14 bits per heavy atom. The molecule has 2 heterocycles. The lowest BCUT2D eigenvalue weighted by Crippen LogP contribution is -2.26. The minimum absolute atomic E-state index is 0.0130. The summed E-state index contributed by atoms with van der Waals surface area (Å²) in [5.74, 6) is -0.837. The first-order chi connectivity index (χ1) is 17.1. The number of ether oxygens (including phenoxy) is 1. The topological polar surface area (TPSA) is 102 Å². The molecule has 0 bridgehead atoms. The highest BCUT2D eigenvalue weighted by Crippen LogP contribution is 2.32. The lowest BCUT2D eigenvalue weighted by Gasteiger charge is -2.11. The van der Waals surface area contributed by atoms with E-state index >= 15 is 0 Å². The summed E-state index contributed by atoms with van der Waals surface area (Å²) < 4.78 is 44.8. The van der Waals surface area contributed by atoms with Crippen LogP contribution in [0.3, 0.4) is 0 Å². The molecule has 0 aliphatic heterocycles. The number of thiophene rings is 1. The van der Waals surface area contributed by atoms with Gasteiger partial charge in [-0.1, -0.05) is 17.7 Å². The van der Waals surface area contributed by atoms with Crippen LogP contribution >= 0.6 is 22.9 Å². The molecule has 0 fully saturated rings. The first kappa shape index (κ1) is 25.2. The Balaban J connectivity index is 1.79. The van der Waals surface area contributed by atoms with Crippen LogP contribution in [-0.2, 0) is 10.9 Å². The largest absolute Gasteiger partial charge is 0.461 e. The van der Waals surface area contributed by atoms with E-state index in [0.29, 0.717) is 10.7 Å². The molecule has 0 atom stereocenters. The molecule has 8 nitrogen and oxygen atoms in total. The Hall–Kier alpha value is -3.90. The molecular weight excluding hydrogens is 521 g/mol. The third kappa shape index (κ3) is 5.19. The predicted molar refractivity (Wildman–Crippen MR) is 130 cm³/mol. The van der Waals surface area contributed by atoms with Gasteiger partial charge in [0.15, 0.2) is 5.69 Å². The van der Waals surface area contributed by atoms with E-state index in [1.54, 1.807) is 25.1 Å². The minimum atomic E-state index is -4.57. The van der Waals surface area contributed by atoms with Crippen molar-refractivity contribution in [2.75, 3.05) is 17.2 Å². The quantitative estimate of drug-likeness (QED) is 0.307. The molecule has 0 unspecified atom stereocenters. The number of fused-ring (bicyclic) bond motifs is 1. The summed E-state index contributed by atoms with van der Waals surface area (Å²) in [5, 5.41) is 11.2. The summed E-state index contributed by atoms with van der Waals surface area (Å²) in [7, 11) is 0. The fourth-order valence-electron chi connectivity index (χ4n) is 3.29. The van der Waals surface area contributed by atoms with Crippen LogP contribution in [0.5, 0.6) is 0 Å². The summed E-state index contributed by atoms with van der Waals surface area (Å²) in [6.07, 6.45) is -4.57. The van der Waals surface area contributed by atoms with Crippen LogP contribution in [0.15, 0.2) is 58.7 Å². The van der Waals surface area contributed by atoms with Crippen LogP contribution in [-0.4, -0.2) is 28.4 Å². The van der Waals surface area contributed by atoms with Gasteiger partial charge in [0.25, 0.3) is 5.56 Å². The Kier molecular flexibility index (Phi) is 7.00. The molecule has 0 spiro atoms. The zero-order valence-corrected chi connectivity index (χ0v) is 19.9. The van der Waals surface area contributed by atoms with Crippen molar-refractivity contribution in [3.8, 4) is 5.69 Å². The van der Waals surface area contributed by atoms with Gasteiger partial charge in [-0.05, 0) is 49.4 Å². The summed E-state index contributed by atoms with van der Waals surface area (Å²) in [5.41, 5.74) is -1.51. The standard InChI is InChI=1S/C23H16ClF3N4O4S/c1-2-35-21(33)18-16-11-36-19(29-22(34)28-14-5-3-4-13(24)10-14)17(16)20(32)31(30-18)15-8-6-12(7-9-15)23(25,26)27/h3-11H,2H2,1H3,(H2,28,29,34). The van der Waals surface area contributed by atoms with Crippen molar-refractivity contribution in [1.29, 1.82) is 0 Å².